The summed E-state index contributed by atoms with van der Waals surface area (Å²) >= 11 is 0. The van der Waals surface area contributed by atoms with Crippen LogP contribution in [0, 0.1) is 0 Å². The Balaban J connectivity index is 2.68. The number of carbonyl (C=O) groups is 1. The number of carbonyl (C=O) groups excluding carboxylic acids is 1. The molecule has 2 aromatic rings. The Hall–Kier alpha value is -2.04. The number of fused-ring (bicyclic) bond motifs is 1. The van der Waals surface area contributed by atoms with Crippen molar-refractivity contribution in [2.75, 3.05) is 12.8 Å². The van der Waals surface area contributed by atoms with E-state index in [1.165, 1.54) is 7.11 Å². The highest BCUT2D eigenvalue weighted by molar-refractivity contribution is 6.04. The lowest BCUT2D eigenvalue weighted by molar-refractivity contribution is 0.0596. The number of esters is 1. The summed E-state index contributed by atoms with van der Waals surface area (Å²) in [7, 11) is 1.31. The zero-order valence-corrected chi connectivity index (χ0v) is 7.57. The third-order valence-corrected chi connectivity index (χ3v) is 2.03. The number of aromatic amines is 1. The molecule has 2 aromatic heterocycles. The first-order valence-corrected chi connectivity index (χ1v) is 4.03. The minimum atomic E-state index is -0.473. The van der Waals surface area contributed by atoms with Crippen LogP contribution in [0.15, 0.2) is 18.5 Å². The van der Waals surface area contributed by atoms with Gasteiger partial charge in [0, 0.05) is 11.6 Å². The number of nitrogens with one attached hydrogen (secondary N) is 1. The Morgan fingerprint density at radius 3 is 3.07 bits per heavy atom. The molecule has 0 saturated heterocycles. The van der Waals surface area contributed by atoms with E-state index in [2.05, 4.69) is 14.7 Å². The summed E-state index contributed by atoms with van der Waals surface area (Å²) in [5.74, 6) is -0.473. The smallest absolute Gasteiger partial charge is 0.356 e. The molecule has 0 saturated carbocycles. The van der Waals surface area contributed by atoms with Crippen molar-refractivity contribution in [3.8, 4) is 0 Å². The van der Waals surface area contributed by atoms with Crippen LogP contribution in [0.2, 0.25) is 0 Å². The second kappa shape index (κ2) is 3.02. The first-order chi connectivity index (χ1) is 6.74. The highest BCUT2D eigenvalue weighted by Crippen LogP contribution is 2.23. The molecule has 0 atom stereocenters. The molecule has 2 heterocycles. The summed E-state index contributed by atoms with van der Waals surface area (Å²) < 4.78 is 4.58. The summed E-state index contributed by atoms with van der Waals surface area (Å²) in [4.78, 5) is 18.0. The van der Waals surface area contributed by atoms with Crippen LogP contribution < -0.4 is 5.73 Å². The summed E-state index contributed by atoms with van der Waals surface area (Å²) in [5, 5.41) is 0.778. The van der Waals surface area contributed by atoms with Crippen molar-refractivity contribution in [2.24, 2.45) is 0 Å². The van der Waals surface area contributed by atoms with Crippen LogP contribution in [0.4, 0.5) is 5.69 Å². The molecule has 5 heteroatoms. The number of anilines is 1. The average Bonchev–Trinajstić information content (AvgIpc) is 2.56. The monoisotopic (exact) mass is 191 g/mol. The van der Waals surface area contributed by atoms with Gasteiger partial charge in [0.1, 0.15) is 5.69 Å². The third kappa shape index (κ3) is 1.10. The van der Waals surface area contributed by atoms with Gasteiger partial charge in [0.2, 0.25) is 0 Å². The van der Waals surface area contributed by atoms with E-state index in [0.29, 0.717) is 5.69 Å². The lowest BCUT2D eigenvalue weighted by Gasteiger charge is -1.95. The minimum absolute atomic E-state index is 0.274. The number of H-pyrrole nitrogens is 1. The van der Waals surface area contributed by atoms with Gasteiger partial charge in [-0.3, -0.25) is 4.98 Å². The quantitative estimate of drug-likeness (QED) is 0.657. The lowest BCUT2D eigenvalue weighted by Crippen LogP contribution is -2.04. The molecule has 3 N–H and O–H groups in total. The Bertz CT molecular complexity index is 490. The number of aromatic nitrogens is 2. The molecular weight excluding hydrogens is 182 g/mol. The van der Waals surface area contributed by atoms with Crippen LogP contribution in [-0.4, -0.2) is 23.0 Å². The Labute approximate surface area is 79.9 Å². The second-order valence-corrected chi connectivity index (χ2v) is 2.83. The molecule has 0 aliphatic rings. The van der Waals surface area contributed by atoms with Gasteiger partial charge in [-0.2, -0.15) is 0 Å². The van der Waals surface area contributed by atoms with E-state index in [1.807, 2.05) is 0 Å². The number of rotatable bonds is 1. The van der Waals surface area contributed by atoms with Gasteiger partial charge in [0.15, 0.2) is 0 Å². The minimum Gasteiger partial charge on any atom is -0.464 e. The lowest BCUT2D eigenvalue weighted by atomic mass is 10.2. The van der Waals surface area contributed by atoms with Crippen molar-refractivity contribution >= 4 is 22.6 Å². The van der Waals surface area contributed by atoms with E-state index >= 15 is 0 Å². The van der Waals surface area contributed by atoms with Gasteiger partial charge in [-0.1, -0.05) is 0 Å². The summed E-state index contributed by atoms with van der Waals surface area (Å²) in [5.41, 5.74) is 7.15. The number of methoxy groups -OCH3 is 1. The van der Waals surface area contributed by atoms with Crippen molar-refractivity contribution in [1.82, 2.24) is 9.97 Å². The van der Waals surface area contributed by atoms with Gasteiger partial charge in [-0.25, -0.2) is 4.79 Å². The molecule has 0 bridgehead atoms. The van der Waals surface area contributed by atoms with E-state index < -0.39 is 5.97 Å². The van der Waals surface area contributed by atoms with Crippen molar-refractivity contribution < 1.29 is 9.53 Å². The number of nitrogen functional groups attached to an aromatic ring is 1. The van der Waals surface area contributed by atoms with Crippen LogP contribution in [0.1, 0.15) is 10.5 Å². The molecule has 14 heavy (non-hydrogen) atoms. The van der Waals surface area contributed by atoms with Gasteiger partial charge in [-0.05, 0) is 6.07 Å². The molecule has 0 unspecified atom stereocenters. The molecule has 5 nitrogen and oxygen atoms in total. The first kappa shape index (κ1) is 8.55. The van der Waals surface area contributed by atoms with E-state index in [4.69, 9.17) is 5.73 Å². The Morgan fingerprint density at radius 1 is 1.64 bits per heavy atom. The summed E-state index contributed by atoms with van der Waals surface area (Å²) in [6.45, 7) is 0. The van der Waals surface area contributed by atoms with E-state index in [0.717, 1.165) is 10.9 Å². The molecule has 0 spiro atoms. The van der Waals surface area contributed by atoms with Crippen molar-refractivity contribution in [1.29, 1.82) is 0 Å². The molecule has 0 radical (unpaired) electrons. The number of hydrogen-bond acceptors (Lipinski definition) is 4. The largest absolute Gasteiger partial charge is 0.464 e. The predicted molar refractivity (Wildman–Crippen MR) is 51.8 cm³/mol. The van der Waals surface area contributed by atoms with E-state index in [9.17, 15) is 4.79 Å². The number of ether oxygens (including phenoxy) is 1. The molecular formula is C9H9N3O2. The van der Waals surface area contributed by atoms with E-state index in [-0.39, 0.29) is 5.69 Å². The summed E-state index contributed by atoms with van der Waals surface area (Å²) in [6.07, 6.45) is 3.23. The number of hydrogen-bond donors (Lipinski definition) is 2. The van der Waals surface area contributed by atoms with Crippen molar-refractivity contribution in [2.45, 2.75) is 0 Å². The maximum absolute atomic E-state index is 11.3. The van der Waals surface area contributed by atoms with Crippen LogP contribution in [0.5, 0.6) is 0 Å². The van der Waals surface area contributed by atoms with Crippen LogP contribution in [-0.2, 0) is 4.74 Å². The van der Waals surface area contributed by atoms with Crippen molar-refractivity contribution in [3.63, 3.8) is 0 Å². The first-order valence-electron chi connectivity index (χ1n) is 4.03. The Kier molecular flexibility index (Phi) is 1.85. The second-order valence-electron chi connectivity index (χ2n) is 2.83. The van der Waals surface area contributed by atoms with Crippen molar-refractivity contribution in [3.05, 3.63) is 24.2 Å². The molecule has 72 valence electrons. The van der Waals surface area contributed by atoms with Crippen LogP contribution >= 0.6 is 0 Å². The van der Waals surface area contributed by atoms with E-state index in [1.54, 1.807) is 18.5 Å². The maximum atomic E-state index is 11.3. The van der Waals surface area contributed by atoms with Gasteiger partial charge >= 0.3 is 5.97 Å². The molecule has 0 amide bonds. The van der Waals surface area contributed by atoms with Crippen LogP contribution in [0.25, 0.3) is 10.9 Å². The van der Waals surface area contributed by atoms with Crippen LogP contribution in [0.3, 0.4) is 0 Å². The highest BCUT2D eigenvalue weighted by atomic mass is 16.5. The fourth-order valence-corrected chi connectivity index (χ4v) is 1.33. The fourth-order valence-electron chi connectivity index (χ4n) is 1.33. The van der Waals surface area contributed by atoms with Gasteiger partial charge in [0.25, 0.3) is 0 Å². The zero-order chi connectivity index (χ0) is 10.1. The van der Waals surface area contributed by atoms with Gasteiger partial charge in [-0.15, -0.1) is 0 Å². The fraction of sp³-hybridized carbons (Fsp3) is 0.111. The molecule has 0 aliphatic carbocycles. The Morgan fingerprint density at radius 2 is 2.43 bits per heavy atom. The zero-order valence-electron chi connectivity index (χ0n) is 7.57. The molecule has 2 rings (SSSR count). The highest BCUT2D eigenvalue weighted by Gasteiger charge is 2.15. The van der Waals surface area contributed by atoms with Gasteiger partial charge in [0.05, 0.1) is 24.5 Å². The SMILES string of the molecule is COC(=O)c1[nH]c2cnccc2c1N. The topological polar surface area (TPSA) is 81.0 Å². The maximum Gasteiger partial charge on any atom is 0.356 e. The normalized spacial score (nSPS) is 10.4. The molecule has 0 aliphatic heterocycles. The average molecular weight is 191 g/mol. The molecule has 0 fully saturated rings. The molecule has 0 aromatic carbocycles. The number of nitrogens with zero attached hydrogens (tertiary/aromatic N) is 1. The summed E-state index contributed by atoms with van der Waals surface area (Å²) in [6, 6.07) is 1.74. The number of pyridine rings is 1. The third-order valence-electron chi connectivity index (χ3n) is 2.03. The predicted octanol–water partition coefficient (Wildman–Crippen LogP) is 0.932. The number of nitrogens with two attached hydrogens (primary N) is 1. The van der Waals surface area contributed by atoms with Gasteiger partial charge < -0.3 is 15.5 Å². The standard InChI is InChI=1S/C9H9N3O2/c1-14-9(13)8-7(10)5-2-3-11-4-6(5)12-8/h2-4,12H,10H2,1H3.